The number of methoxy groups -OCH3 is 1. The zero-order valence-electron chi connectivity index (χ0n) is 7.49. The fourth-order valence-corrected chi connectivity index (χ4v) is 1.57. The molecule has 70 valence electrons. The van der Waals surface area contributed by atoms with Gasteiger partial charge in [0.1, 0.15) is 0 Å². The Kier molecular flexibility index (Phi) is 2.00. The normalized spacial score (nSPS) is 15.2. The summed E-state index contributed by atoms with van der Waals surface area (Å²) >= 11 is 0. The number of fused-ring (bicyclic) bond motifs is 1. The molecule has 0 aromatic carbocycles. The van der Waals surface area contributed by atoms with Gasteiger partial charge in [-0.25, -0.2) is 9.48 Å². The van der Waals surface area contributed by atoms with Crippen LogP contribution in [0.25, 0.3) is 0 Å². The van der Waals surface area contributed by atoms with Crippen molar-refractivity contribution >= 4 is 5.97 Å². The van der Waals surface area contributed by atoms with Gasteiger partial charge < -0.3 is 4.74 Å². The Morgan fingerprint density at radius 3 is 3.15 bits per heavy atom. The quantitative estimate of drug-likeness (QED) is 0.588. The maximum Gasteiger partial charge on any atom is 0.360 e. The van der Waals surface area contributed by atoms with Crippen molar-refractivity contribution in [3.8, 4) is 0 Å². The number of nitrogens with zero attached hydrogens (tertiary/aromatic N) is 3. The largest absolute Gasteiger partial charge is 0.464 e. The van der Waals surface area contributed by atoms with E-state index in [1.165, 1.54) is 7.11 Å². The van der Waals surface area contributed by atoms with Crippen LogP contribution in [0.1, 0.15) is 29.0 Å². The predicted octanol–water partition coefficient (Wildman–Crippen LogP) is 0.401. The van der Waals surface area contributed by atoms with Gasteiger partial charge in [-0.1, -0.05) is 5.21 Å². The average molecular weight is 181 g/mol. The molecule has 0 unspecified atom stereocenters. The van der Waals surface area contributed by atoms with Crippen molar-refractivity contribution in [2.45, 2.75) is 25.8 Å². The maximum absolute atomic E-state index is 11.2. The van der Waals surface area contributed by atoms with Crippen LogP contribution in [0, 0.1) is 0 Å². The topological polar surface area (TPSA) is 57.0 Å². The van der Waals surface area contributed by atoms with Crippen molar-refractivity contribution in [1.29, 1.82) is 0 Å². The van der Waals surface area contributed by atoms with Gasteiger partial charge in [0.05, 0.1) is 12.8 Å². The van der Waals surface area contributed by atoms with E-state index < -0.39 is 0 Å². The molecule has 2 rings (SSSR count). The number of ether oxygens (including phenoxy) is 1. The van der Waals surface area contributed by atoms with E-state index >= 15 is 0 Å². The van der Waals surface area contributed by atoms with Crippen molar-refractivity contribution in [3.63, 3.8) is 0 Å². The van der Waals surface area contributed by atoms with Crippen LogP contribution in [0.2, 0.25) is 0 Å². The van der Waals surface area contributed by atoms with Crippen LogP contribution in [-0.4, -0.2) is 28.1 Å². The number of aromatic nitrogens is 3. The summed E-state index contributed by atoms with van der Waals surface area (Å²) in [7, 11) is 1.36. The highest BCUT2D eigenvalue weighted by Gasteiger charge is 2.21. The third kappa shape index (κ3) is 1.30. The van der Waals surface area contributed by atoms with Crippen LogP contribution >= 0.6 is 0 Å². The fourth-order valence-electron chi connectivity index (χ4n) is 1.57. The monoisotopic (exact) mass is 181 g/mol. The first kappa shape index (κ1) is 8.22. The highest BCUT2D eigenvalue weighted by Crippen LogP contribution is 2.16. The number of carbonyl (C=O) groups excluding carboxylic acids is 1. The second-order valence-electron chi connectivity index (χ2n) is 3.06. The summed E-state index contributed by atoms with van der Waals surface area (Å²) < 4.78 is 6.39. The minimum absolute atomic E-state index is 0.377. The Balaban J connectivity index is 2.36. The number of rotatable bonds is 1. The van der Waals surface area contributed by atoms with E-state index in [2.05, 4.69) is 15.0 Å². The van der Waals surface area contributed by atoms with Crippen LogP contribution in [-0.2, 0) is 17.7 Å². The standard InChI is InChI=1S/C8H11N3O2/c1-13-8(12)7-6-4-2-3-5-11(6)10-9-7/h2-5H2,1H3. The van der Waals surface area contributed by atoms with E-state index in [1.807, 2.05) is 0 Å². The van der Waals surface area contributed by atoms with Gasteiger partial charge in [-0.2, -0.15) is 0 Å². The van der Waals surface area contributed by atoms with Gasteiger partial charge in [0, 0.05) is 6.54 Å². The first-order valence-corrected chi connectivity index (χ1v) is 4.33. The molecule has 0 amide bonds. The first-order valence-electron chi connectivity index (χ1n) is 4.33. The lowest BCUT2D eigenvalue weighted by Gasteiger charge is -2.11. The molecule has 0 saturated heterocycles. The van der Waals surface area contributed by atoms with E-state index in [-0.39, 0.29) is 5.97 Å². The summed E-state index contributed by atoms with van der Waals surface area (Å²) in [5.41, 5.74) is 1.29. The maximum atomic E-state index is 11.2. The molecule has 0 atom stereocenters. The molecular formula is C8H11N3O2. The van der Waals surface area contributed by atoms with E-state index in [0.29, 0.717) is 5.69 Å². The molecule has 0 N–H and O–H groups in total. The Hall–Kier alpha value is -1.39. The molecule has 1 aromatic heterocycles. The Morgan fingerprint density at radius 1 is 1.54 bits per heavy atom. The molecular weight excluding hydrogens is 170 g/mol. The lowest BCUT2D eigenvalue weighted by molar-refractivity contribution is 0.0592. The molecule has 0 aliphatic carbocycles. The Bertz CT molecular complexity index is 332. The molecule has 0 bridgehead atoms. The minimum Gasteiger partial charge on any atom is -0.464 e. The van der Waals surface area contributed by atoms with Crippen LogP contribution in [0.5, 0.6) is 0 Å². The van der Waals surface area contributed by atoms with Gasteiger partial charge in [0.2, 0.25) is 0 Å². The molecule has 1 aliphatic heterocycles. The van der Waals surface area contributed by atoms with Crippen LogP contribution in [0.3, 0.4) is 0 Å². The lowest BCUT2D eigenvalue weighted by Crippen LogP contribution is -2.14. The molecule has 0 radical (unpaired) electrons. The second-order valence-corrected chi connectivity index (χ2v) is 3.06. The van der Waals surface area contributed by atoms with E-state index in [0.717, 1.165) is 31.5 Å². The fraction of sp³-hybridized carbons (Fsp3) is 0.625. The molecule has 1 aromatic rings. The van der Waals surface area contributed by atoms with Gasteiger partial charge in [-0.15, -0.1) is 5.10 Å². The van der Waals surface area contributed by atoms with Crippen LogP contribution < -0.4 is 0 Å². The third-order valence-corrected chi connectivity index (χ3v) is 2.25. The lowest BCUT2D eigenvalue weighted by atomic mass is 10.1. The molecule has 0 saturated carbocycles. The van der Waals surface area contributed by atoms with Crippen LogP contribution in [0.15, 0.2) is 0 Å². The van der Waals surface area contributed by atoms with Gasteiger partial charge >= 0.3 is 5.97 Å². The number of hydrogen-bond acceptors (Lipinski definition) is 4. The summed E-state index contributed by atoms with van der Waals surface area (Å²) in [5, 5.41) is 7.70. The van der Waals surface area contributed by atoms with Crippen molar-refractivity contribution in [2.75, 3.05) is 7.11 Å². The van der Waals surface area contributed by atoms with Gasteiger partial charge in [0.15, 0.2) is 5.69 Å². The first-order chi connectivity index (χ1) is 6.33. The third-order valence-electron chi connectivity index (χ3n) is 2.25. The zero-order valence-corrected chi connectivity index (χ0v) is 7.49. The van der Waals surface area contributed by atoms with E-state index in [9.17, 15) is 4.79 Å². The Labute approximate surface area is 75.7 Å². The summed E-state index contributed by atoms with van der Waals surface area (Å²) in [4.78, 5) is 11.2. The van der Waals surface area contributed by atoms with E-state index in [4.69, 9.17) is 0 Å². The minimum atomic E-state index is -0.386. The number of aryl methyl sites for hydroxylation is 1. The second kappa shape index (κ2) is 3.16. The van der Waals surface area contributed by atoms with Gasteiger partial charge in [-0.05, 0) is 19.3 Å². The highest BCUT2D eigenvalue weighted by atomic mass is 16.5. The highest BCUT2D eigenvalue weighted by molar-refractivity contribution is 5.88. The molecule has 5 heteroatoms. The summed E-state index contributed by atoms with van der Waals surface area (Å²) in [6.45, 7) is 0.860. The molecule has 2 heterocycles. The molecule has 13 heavy (non-hydrogen) atoms. The van der Waals surface area contributed by atoms with Crippen molar-refractivity contribution < 1.29 is 9.53 Å². The van der Waals surface area contributed by atoms with Gasteiger partial charge in [0.25, 0.3) is 0 Å². The Morgan fingerprint density at radius 2 is 2.38 bits per heavy atom. The molecule has 0 spiro atoms. The SMILES string of the molecule is COC(=O)c1nnn2c1CCCC2. The van der Waals surface area contributed by atoms with Crippen LogP contribution in [0.4, 0.5) is 0 Å². The summed E-state index contributed by atoms with van der Waals surface area (Å²) in [6, 6.07) is 0. The summed E-state index contributed by atoms with van der Waals surface area (Å²) in [5.74, 6) is -0.386. The van der Waals surface area contributed by atoms with E-state index in [1.54, 1.807) is 4.68 Å². The molecule has 0 fully saturated rings. The predicted molar refractivity (Wildman–Crippen MR) is 44.3 cm³/mol. The smallest absolute Gasteiger partial charge is 0.360 e. The average Bonchev–Trinajstić information content (AvgIpc) is 2.60. The van der Waals surface area contributed by atoms with Crippen molar-refractivity contribution in [3.05, 3.63) is 11.4 Å². The van der Waals surface area contributed by atoms with Crippen molar-refractivity contribution in [2.24, 2.45) is 0 Å². The molecule has 1 aliphatic rings. The number of hydrogen-bond donors (Lipinski definition) is 0. The number of carbonyl (C=O) groups is 1. The zero-order chi connectivity index (χ0) is 9.26. The summed E-state index contributed by atoms with van der Waals surface area (Å²) in [6.07, 6.45) is 3.08. The number of esters is 1. The molecule has 5 nitrogen and oxygen atoms in total. The van der Waals surface area contributed by atoms with Gasteiger partial charge in [-0.3, -0.25) is 0 Å². The van der Waals surface area contributed by atoms with Crippen molar-refractivity contribution in [1.82, 2.24) is 15.0 Å².